The Labute approximate surface area is 189 Å². The van der Waals surface area contributed by atoms with Crippen molar-refractivity contribution in [2.24, 2.45) is 5.41 Å². The van der Waals surface area contributed by atoms with Crippen molar-refractivity contribution in [1.82, 2.24) is 9.88 Å². The van der Waals surface area contributed by atoms with E-state index in [0.717, 1.165) is 76.0 Å². The van der Waals surface area contributed by atoms with Crippen molar-refractivity contribution in [2.45, 2.75) is 64.0 Å². The molecular formula is C24H32N4O4. The van der Waals surface area contributed by atoms with E-state index < -0.39 is 6.09 Å². The summed E-state index contributed by atoms with van der Waals surface area (Å²) in [5, 5.41) is 12.4. The van der Waals surface area contributed by atoms with Crippen molar-refractivity contribution in [3.05, 3.63) is 17.8 Å². The van der Waals surface area contributed by atoms with E-state index in [4.69, 9.17) is 11.2 Å². The van der Waals surface area contributed by atoms with E-state index in [2.05, 4.69) is 26.0 Å². The summed E-state index contributed by atoms with van der Waals surface area (Å²) in [6.07, 6.45) is 11.9. The zero-order valence-corrected chi connectivity index (χ0v) is 18.7. The molecular weight excluding hydrogens is 408 g/mol. The van der Waals surface area contributed by atoms with Crippen molar-refractivity contribution in [3.8, 4) is 12.3 Å². The van der Waals surface area contributed by atoms with Crippen LogP contribution < -0.4 is 10.2 Å². The summed E-state index contributed by atoms with van der Waals surface area (Å²) < 4.78 is 4.83. The molecule has 0 aromatic carbocycles. The van der Waals surface area contributed by atoms with Gasteiger partial charge in [-0.3, -0.25) is 10.1 Å². The fourth-order valence-corrected chi connectivity index (χ4v) is 5.40. The molecule has 8 nitrogen and oxygen atoms in total. The highest BCUT2D eigenvalue weighted by Crippen LogP contribution is 2.44. The molecule has 2 saturated heterocycles. The number of piperidine rings is 1. The molecule has 172 valence electrons. The van der Waals surface area contributed by atoms with Gasteiger partial charge in [0.1, 0.15) is 5.82 Å². The molecule has 2 amide bonds. The minimum absolute atomic E-state index is 0.0787. The molecule has 3 fully saturated rings. The average molecular weight is 441 g/mol. The van der Waals surface area contributed by atoms with Gasteiger partial charge in [-0.2, -0.15) is 0 Å². The van der Waals surface area contributed by atoms with E-state index in [1.807, 2.05) is 13.0 Å². The van der Waals surface area contributed by atoms with Crippen LogP contribution in [0.15, 0.2) is 12.3 Å². The maximum Gasteiger partial charge on any atom is 0.412 e. The van der Waals surface area contributed by atoms with E-state index in [1.54, 1.807) is 6.20 Å². The van der Waals surface area contributed by atoms with Gasteiger partial charge in [0, 0.05) is 25.7 Å². The highest BCUT2D eigenvalue weighted by atomic mass is 16.5. The monoisotopic (exact) mass is 440 g/mol. The molecule has 4 rings (SSSR count). The second kappa shape index (κ2) is 9.37. The van der Waals surface area contributed by atoms with Gasteiger partial charge in [-0.1, -0.05) is 5.92 Å². The number of hydrogen-bond acceptors (Lipinski definition) is 6. The first-order valence-corrected chi connectivity index (χ1v) is 11.5. The predicted molar refractivity (Wildman–Crippen MR) is 121 cm³/mol. The Kier molecular flexibility index (Phi) is 6.56. The topological polar surface area (TPSA) is 95.0 Å². The van der Waals surface area contributed by atoms with E-state index in [0.29, 0.717) is 17.6 Å². The summed E-state index contributed by atoms with van der Waals surface area (Å²) >= 11 is 0. The fraction of sp³-hybridized carbons (Fsp3) is 0.625. The summed E-state index contributed by atoms with van der Waals surface area (Å²) in [6.45, 7) is 4.30. The molecule has 0 atom stereocenters. The van der Waals surface area contributed by atoms with Crippen LogP contribution in [0.5, 0.6) is 0 Å². The SMILES string of the molecule is C#CCOC(=O)Nc1cnc(N2CCC3(CC2)CCN([C@H]2CC[C@@H](O)CC2)C3=O)c(C)c1. The number of likely N-dealkylation sites (tertiary alicyclic amines) is 1. The first-order chi connectivity index (χ1) is 15.4. The number of aliphatic hydroxyl groups is 1. The number of nitrogens with one attached hydrogen (secondary N) is 1. The molecule has 0 radical (unpaired) electrons. The van der Waals surface area contributed by atoms with Gasteiger partial charge < -0.3 is 19.6 Å². The first kappa shape index (κ1) is 22.4. The average Bonchev–Trinajstić information content (AvgIpc) is 3.09. The number of nitrogens with zero attached hydrogens (tertiary/aromatic N) is 3. The molecule has 3 heterocycles. The molecule has 1 aromatic heterocycles. The molecule has 2 aliphatic heterocycles. The number of ether oxygens (including phenoxy) is 1. The van der Waals surface area contributed by atoms with Crippen LogP contribution in [0.4, 0.5) is 16.3 Å². The van der Waals surface area contributed by atoms with E-state index in [9.17, 15) is 14.7 Å². The molecule has 0 bridgehead atoms. The van der Waals surface area contributed by atoms with Crippen LogP contribution in [0, 0.1) is 24.7 Å². The zero-order chi connectivity index (χ0) is 22.7. The number of amides is 2. The number of hydrogen-bond donors (Lipinski definition) is 2. The molecule has 2 N–H and O–H groups in total. The van der Waals surface area contributed by atoms with Crippen LogP contribution in [0.2, 0.25) is 0 Å². The van der Waals surface area contributed by atoms with Gasteiger partial charge in [0.05, 0.1) is 23.4 Å². The minimum atomic E-state index is -0.603. The number of pyridine rings is 1. The predicted octanol–water partition coefficient (Wildman–Crippen LogP) is 2.69. The highest BCUT2D eigenvalue weighted by Gasteiger charge is 2.50. The number of carbonyl (C=O) groups is 2. The van der Waals surface area contributed by atoms with Crippen LogP contribution in [0.25, 0.3) is 0 Å². The van der Waals surface area contributed by atoms with Crippen LogP contribution in [-0.4, -0.2) is 65.4 Å². The number of terminal acetylenes is 1. The fourth-order valence-electron chi connectivity index (χ4n) is 5.40. The highest BCUT2D eigenvalue weighted by molar-refractivity contribution is 5.86. The number of carbonyl (C=O) groups excluding carboxylic acids is 2. The van der Waals surface area contributed by atoms with Crippen LogP contribution in [0.3, 0.4) is 0 Å². The Hall–Kier alpha value is -2.79. The Morgan fingerprint density at radius 2 is 1.97 bits per heavy atom. The second-order valence-electron chi connectivity index (χ2n) is 9.25. The molecule has 32 heavy (non-hydrogen) atoms. The Bertz CT molecular complexity index is 896. The lowest BCUT2D eigenvalue weighted by atomic mass is 9.77. The van der Waals surface area contributed by atoms with Crippen molar-refractivity contribution < 1.29 is 19.4 Å². The third-order valence-corrected chi connectivity index (χ3v) is 7.26. The minimum Gasteiger partial charge on any atom is -0.436 e. The first-order valence-electron chi connectivity index (χ1n) is 11.5. The van der Waals surface area contributed by atoms with E-state index in [1.165, 1.54) is 0 Å². The molecule has 1 aliphatic carbocycles. The third kappa shape index (κ3) is 4.53. The van der Waals surface area contributed by atoms with Crippen molar-refractivity contribution >= 4 is 23.5 Å². The number of aliphatic hydroxyl groups excluding tert-OH is 1. The number of aromatic nitrogens is 1. The lowest BCUT2D eigenvalue weighted by Gasteiger charge is -2.40. The summed E-state index contributed by atoms with van der Waals surface area (Å²) in [6, 6.07) is 2.16. The lowest BCUT2D eigenvalue weighted by molar-refractivity contribution is -0.139. The van der Waals surface area contributed by atoms with Crippen molar-refractivity contribution in [2.75, 3.05) is 36.5 Å². The summed E-state index contributed by atoms with van der Waals surface area (Å²) in [5.74, 6) is 3.45. The van der Waals surface area contributed by atoms with E-state index in [-0.39, 0.29) is 18.1 Å². The largest absolute Gasteiger partial charge is 0.436 e. The van der Waals surface area contributed by atoms with Crippen molar-refractivity contribution in [1.29, 1.82) is 0 Å². The Balaban J connectivity index is 1.35. The maximum absolute atomic E-state index is 13.4. The number of rotatable bonds is 4. The van der Waals surface area contributed by atoms with Gasteiger partial charge in [-0.05, 0) is 63.5 Å². The van der Waals surface area contributed by atoms with Gasteiger partial charge in [-0.25, -0.2) is 9.78 Å². The molecule has 0 unspecified atom stereocenters. The summed E-state index contributed by atoms with van der Waals surface area (Å²) in [4.78, 5) is 33.9. The Morgan fingerprint density at radius 1 is 1.28 bits per heavy atom. The molecule has 8 heteroatoms. The zero-order valence-electron chi connectivity index (χ0n) is 18.7. The lowest BCUT2D eigenvalue weighted by Crippen LogP contribution is -2.47. The second-order valence-corrected chi connectivity index (χ2v) is 9.25. The Morgan fingerprint density at radius 3 is 2.62 bits per heavy atom. The van der Waals surface area contributed by atoms with Gasteiger partial charge in [0.2, 0.25) is 5.91 Å². The molecule has 1 saturated carbocycles. The normalized spacial score (nSPS) is 25.0. The van der Waals surface area contributed by atoms with Gasteiger partial charge in [-0.15, -0.1) is 6.42 Å². The maximum atomic E-state index is 13.4. The standard InChI is InChI=1S/C24H32N4O4/c1-3-14-32-23(31)26-18-15-17(2)21(25-16-18)27-11-8-24(9-12-27)10-13-28(22(24)30)19-4-6-20(29)7-5-19/h1,15-16,19-20,29H,4-14H2,2H3,(H,26,31)/t19-,20+. The molecule has 3 aliphatic rings. The smallest absolute Gasteiger partial charge is 0.412 e. The third-order valence-electron chi connectivity index (χ3n) is 7.26. The van der Waals surface area contributed by atoms with Gasteiger partial charge in [0.15, 0.2) is 6.61 Å². The molecule has 1 aromatic rings. The molecule has 1 spiro atoms. The van der Waals surface area contributed by atoms with Gasteiger partial charge >= 0.3 is 6.09 Å². The summed E-state index contributed by atoms with van der Waals surface area (Å²) in [7, 11) is 0. The number of anilines is 2. The van der Waals surface area contributed by atoms with Crippen LogP contribution >= 0.6 is 0 Å². The summed E-state index contributed by atoms with van der Waals surface area (Å²) in [5.41, 5.74) is 1.26. The van der Waals surface area contributed by atoms with E-state index >= 15 is 0 Å². The van der Waals surface area contributed by atoms with Gasteiger partial charge in [0.25, 0.3) is 0 Å². The quantitative estimate of drug-likeness (QED) is 0.699. The van der Waals surface area contributed by atoms with Crippen molar-refractivity contribution in [3.63, 3.8) is 0 Å². The van der Waals surface area contributed by atoms with Crippen LogP contribution in [0.1, 0.15) is 50.5 Å². The van der Waals surface area contributed by atoms with Crippen LogP contribution in [-0.2, 0) is 9.53 Å². The number of aryl methyl sites for hydroxylation is 1.